The number of ether oxygens (including phenoxy) is 4. The van der Waals surface area contributed by atoms with Crippen molar-refractivity contribution in [1.29, 1.82) is 0 Å². The van der Waals surface area contributed by atoms with Crippen molar-refractivity contribution < 1.29 is 49.6 Å². The minimum Gasteiger partial charge on any atom is -0.394 e. The Balaban J connectivity index is 1.93. The summed E-state index contributed by atoms with van der Waals surface area (Å²) in [6.45, 7) is -0.828. The number of aliphatic hydroxyl groups is 6. The molecule has 0 amide bonds. The Morgan fingerprint density at radius 1 is 0.957 bits per heavy atom. The van der Waals surface area contributed by atoms with Crippen molar-refractivity contribution in [2.45, 2.75) is 55.1 Å². The predicted octanol–water partition coefficient (Wildman–Crippen LogP) is -4.06. The largest absolute Gasteiger partial charge is 0.394 e. The molecule has 0 radical (unpaired) electrons. The fourth-order valence-corrected chi connectivity index (χ4v) is 2.68. The molecular formula is C13H24O10. The number of methoxy groups -OCH3 is 1. The van der Waals surface area contributed by atoms with Gasteiger partial charge >= 0.3 is 0 Å². The van der Waals surface area contributed by atoms with Gasteiger partial charge in [0.25, 0.3) is 0 Å². The molecule has 2 heterocycles. The Hall–Kier alpha value is -0.400. The maximum absolute atomic E-state index is 9.86. The van der Waals surface area contributed by atoms with E-state index in [2.05, 4.69) is 0 Å². The summed E-state index contributed by atoms with van der Waals surface area (Å²) < 4.78 is 21.0. The molecule has 2 aliphatic heterocycles. The summed E-state index contributed by atoms with van der Waals surface area (Å²) in [5.41, 5.74) is 0. The van der Waals surface area contributed by atoms with Crippen molar-refractivity contribution in [2.75, 3.05) is 26.9 Å². The fraction of sp³-hybridized carbons (Fsp3) is 1.00. The minimum atomic E-state index is -1.54. The molecule has 2 saturated heterocycles. The van der Waals surface area contributed by atoms with Crippen LogP contribution in [-0.2, 0) is 18.9 Å². The van der Waals surface area contributed by atoms with Gasteiger partial charge in [-0.3, -0.25) is 0 Å². The highest BCUT2D eigenvalue weighted by Gasteiger charge is 2.45. The lowest BCUT2D eigenvalue weighted by molar-refractivity contribution is -0.311. The average Bonchev–Trinajstić information content (AvgIpc) is 2.55. The fourth-order valence-electron chi connectivity index (χ4n) is 2.68. The Bertz CT molecular complexity index is 367. The molecule has 0 spiro atoms. The maximum Gasteiger partial charge on any atom is 0.186 e. The smallest absolute Gasteiger partial charge is 0.186 e. The second-order valence-corrected chi connectivity index (χ2v) is 5.66. The van der Waals surface area contributed by atoms with E-state index in [4.69, 9.17) is 24.1 Å². The van der Waals surface area contributed by atoms with Crippen LogP contribution < -0.4 is 0 Å². The van der Waals surface area contributed by atoms with E-state index in [1.807, 2.05) is 0 Å². The zero-order valence-electron chi connectivity index (χ0n) is 12.6. The second kappa shape index (κ2) is 8.12. The minimum absolute atomic E-state index is 0.107. The lowest BCUT2D eigenvalue weighted by Gasteiger charge is -2.41. The van der Waals surface area contributed by atoms with Gasteiger partial charge in [-0.25, -0.2) is 0 Å². The summed E-state index contributed by atoms with van der Waals surface area (Å²) >= 11 is 0. The van der Waals surface area contributed by atoms with Crippen LogP contribution in [-0.4, -0.2) is 113 Å². The summed E-state index contributed by atoms with van der Waals surface area (Å²) in [7, 11) is 1.34. The van der Waals surface area contributed by atoms with Gasteiger partial charge in [0.15, 0.2) is 6.29 Å². The van der Waals surface area contributed by atoms with Crippen LogP contribution >= 0.6 is 0 Å². The number of rotatable bonds is 5. The van der Waals surface area contributed by atoms with Crippen LogP contribution in [0.15, 0.2) is 0 Å². The molecule has 0 bridgehead atoms. The van der Waals surface area contributed by atoms with Crippen molar-refractivity contribution in [3.63, 3.8) is 0 Å². The van der Waals surface area contributed by atoms with Crippen molar-refractivity contribution in [3.8, 4) is 0 Å². The van der Waals surface area contributed by atoms with Gasteiger partial charge < -0.3 is 49.6 Å². The third-order valence-electron chi connectivity index (χ3n) is 4.12. The van der Waals surface area contributed by atoms with E-state index in [0.29, 0.717) is 0 Å². The van der Waals surface area contributed by atoms with Gasteiger partial charge in [0, 0.05) is 7.11 Å². The number of aliphatic hydroxyl groups excluding tert-OH is 6. The van der Waals surface area contributed by atoms with E-state index in [1.165, 1.54) is 7.11 Å². The van der Waals surface area contributed by atoms with E-state index < -0.39 is 61.7 Å². The molecule has 0 aromatic rings. The van der Waals surface area contributed by atoms with Crippen molar-refractivity contribution in [1.82, 2.24) is 0 Å². The molecule has 2 rings (SSSR count). The summed E-state index contributed by atoms with van der Waals surface area (Å²) in [4.78, 5) is 0. The van der Waals surface area contributed by atoms with Crippen molar-refractivity contribution in [2.24, 2.45) is 0 Å². The molecule has 23 heavy (non-hydrogen) atoms. The first-order valence-corrected chi connectivity index (χ1v) is 7.33. The molecular weight excluding hydrogens is 316 g/mol. The number of hydrogen-bond acceptors (Lipinski definition) is 10. The molecule has 2 fully saturated rings. The SMILES string of the molecule is COC1C(CO[C@@H]2OC(CO)C(O)[C@H](O)C2O)OCC(O)[C@H]1O. The van der Waals surface area contributed by atoms with E-state index in [-0.39, 0.29) is 13.2 Å². The highest BCUT2D eigenvalue weighted by Crippen LogP contribution is 2.24. The summed E-state index contributed by atoms with van der Waals surface area (Å²) in [6, 6.07) is 0. The standard InChI is InChI=1S/C13H24O10/c1-20-12-7(21-3-5(15)8(12)16)4-22-13-11(19)10(18)9(17)6(2-14)23-13/h5-19H,2-4H2,1H3/t5?,6?,7?,8-,9?,10+,11?,12?,13-/m1/s1. The summed E-state index contributed by atoms with van der Waals surface area (Å²) in [6.07, 6.45) is -10.7. The van der Waals surface area contributed by atoms with Gasteiger partial charge in [-0.05, 0) is 0 Å². The zero-order chi connectivity index (χ0) is 17.1. The van der Waals surface area contributed by atoms with Gasteiger partial charge in [-0.1, -0.05) is 0 Å². The molecule has 0 aromatic heterocycles. The molecule has 0 saturated carbocycles. The van der Waals surface area contributed by atoms with Gasteiger partial charge in [0.1, 0.15) is 48.8 Å². The molecule has 9 atom stereocenters. The van der Waals surface area contributed by atoms with Crippen molar-refractivity contribution >= 4 is 0 Å². The first-order valence-electron chi connectivity index (χ1n) is 7.33. The zero-order valence-corrected chi connectivity index (χ0v) is 12.6. The topological polar surface area (TPSA) is 158 Å². The third-order valence-corrected chi connectivity index (χ3v) is 4.12. The molecule has 2 aliphatic rings. The van der Waals surface area contributed by atoms with Crippen LogP contribution in [0.2, 0.25) is 0 Å². The molecule has 6 unspecified atom stereocenters. The van der Waals surface area contributed by atoms with Gasteiger partial charge in [-0.2, -0.15) is 0 Å². The molecule has 0 aliphatic carbocycles. The summed E-state index contributed by atoms with van der Waals surface area (Å²) in [5.74, 6) is 0. The highest BCUT2D eigenvalue weighted by atomic mass is 16.7. The number of hydrogen-bond donors (Lipinski definition) is 6. The second-order valence-electron chi connectivity index (χ2n) is 5.66. The summed E-state index contributed by atoms with van der Waals surface area (Å²) in [5, 5.41) is 57.7. The van der Waals surface area contributed by atoms with Crippen LogP contribution in [0.5, 0.6) is 0 Å². The lowest BCUT2D eigenvalue weighted by atomic mass is 9.99. The average molecular weight is 340 g/mol. The van der Waals surface area contributed by atoms with E-state index >= 15 is 0 Å². The maximum atomic E-state index is 9.86. The monoisotopic (exact) mass is 340 g/mol. The molecule has 136 valence electrons. The van der Waals surface area contributed by atoms with Crippen molar-refractivity contribution in [3.05, 3.63) is 0 Å². The van der Waals surface area contributed by atoms with Crippen LogP contribution in [0, 0.1) is 0 Å². The van der Waals surface area contributed by atoms with Crippen LogP contribution in [0.4, 0.5) is 0 Å². The van der Waals surface area contributed by atoms with Gasteiger partial charge in [0.05, 0.1) is 19.8 Å². The Kier molecular flexibility index (Phi) is 6.68. The first-order chi connectivity index (χ1) is 10.9. The molecule has 0 aromatic carbocycles. The highest BCUT2D eigenvalue weighted by molar-refractivity contribution is 4.90. The Morgan fingerprint density at radius 3 is 2.26 bits per heavy atom. The molecule has 10 heteroatoms. The third kappa shape index (κ3) is 3.99. The van der Waals surface area contributed by atoms with E-state index in [0.717, 1.165) is 0 Å². The van der Waals surface area contributed by atoms with Crippen LogP contribution in [0.25, 0.3) is 0 Å². The first kappa shape index (κ1) is 18.9. The Labute approximate surface area is 132 Å². The normalized spacial score (nSPS) is 48.4. The van der Waals surface area contributed by atoms with Gasteiger partial charge in [0.2, 0.25) is 0 Å². The quantitative estimate of drug-likeness (QED) is 0.291. The van der Waals surface area contributed by atoms with Crippen LogP contribution in [0.3, 0.4) is 0 Å². The van der Waals surface area contributed by atoms with E-state index in [9.17, 15) is 25.5 Å². The molecule has 10 nitrogen and oxygen atoms in total. The van der Waals surface area contributed by atoms with E-state index in [1.54, 1.807) is 0 Å². The Morgan fingerprint density at radius 2 is 1.65 bits per heavy atom. The molecule has 6 N–H and O–H groups in total. The van der Waals surface area contributed by atoms with Crippen LogP contribution in [0.1, 0.15) is 0 Å². The predicted molar refractivity (Wildman–Crippen MR) is 72.3 cm³/mol. The van der Waals surface area contributed by atoms with Gasteiger partial charge in [-0.15, -0.1) is 0 Å². The lowest BCUT2D eigenvalue weighted by Crippen LogP contribution is -2.60.